The molecular formula is C13H10FO. The summed E-state index contributed by atoms with van der Waals surface area (Å²) in [7, 11) is 1.57. The largest absolute Gasteiger partial charge is 0.496 e. The Balaban J connectivity index is 2.49. The fraction of sp³-hybridized carbons (Fsp3) is 0.0769. The lowest BCUT2D eigenvalue weighted by Gasteiger charge is -2.04. The van der Waals surface area contributed by atoms with E-state index in [2.05, 4.69) is 6.07 Å². The molecular weight excluding hydrogens is 191 g/mol. The van der Waals surface area contributed by atoms with Gasteiger partial charge in [0.05, 0.1) is 7.11 Å². The molecule has 2 aromatic rings. The van der Waals surface area contributed by atoms with Gasteiger partial charge >= 0.3 is 0 Å². The zero-order valence-corrected chi connectivity index (χ0v) is 8.33. The molecule has 0 aliphatic heterocycles. The minimum absolute atomic E-state index is 0.231. The predicted octanol–water partition coefficient (Wildman–Crippen LogP) is 3.30. The van der Waals surface area contributed by atoms with Gasteiger partial charge < -0.3 is 4.74 Å². The third kappa shape index (κ3) is 1.99. The average molecular weight is 201 g/mol. The Kier molecular flexibility index (Phi) is 2.68. The molecule has 0 spiro atoms. The first-order chi connectivity index (χ1) is 7.31. The summed E-state index contributed by atoms with van der Waals surface area (Å²) >= 11 is 0. The van der Waals surface area contributed by atoms with Crippen LogP contribution >= 0.6 is 0 Å². The smallest absolute Gasteiger partial charge is 0.131 e. The minimum atomic E-state index is -0.231. The highest BCUT2D eigenvalue weighted by Crippen LogP contribution is 2.25. The summed E-state index contributed by atoms with van der Waals surface area (Å²) in [6, 6.07) is 14.9. The maximum absolute atomic E-state index is 13.5. The second-order valence-electron chi connectivity index (χ2n) is 3.13. The molecule has 0 bridgehead atoms. The number of hydrogen-bond donors (Lipinski definition) is 0. The SMILES string of the molecule is COc1[c]ccc(-c2ccccc2F)c1. The summed E-state index contributed by atoms with van der Waals surface area (Å²) in [4.78, 5) is 0. The zero-order chi connectivity index (χ0) is 10.7. The van der Waals surface area contributed by atoms with Crippen molar-refractivity contribution in [1.29, 1.82) is 0 Å². The predicted molar refractivity (Wildman–Crippen MR) is 57.2 cm³/mol. The average Bonchev–Trinajstić information content (AvgIpc) is 2.30. The Labute approximate surface area is 88.1 Å². The molecule has 0 aromatic heterocycles. The molecule has 1 nitrogen and oxygen atoms in total. The second-order valence-corrected chi connectivity index (χ2v) is 3.13. The van der Waals surface area contributed by atoms with Crippen LogP contribution in [0.15, 0.2) is 42.5 Å². The second kappa shape index (κ2) is 4.13. The van der Waals surface area contributed by atoms with Gasteiger partial charge in [-0.25, -0.2) is 4.39 Å². The lowest BCUT2D eigenvalue weighted by Crippen LogP contribution is -1.86. The van der Waals surface area contributed by atoms with Crippen LogP contribution in [0, 0.1) is 11.9 Å². The fourth-order valence-corrected chi connectivity index (χ4v) is 1.43. The molecule has 0 unspecified atom stereocenters. The monoisotopic (exact) mass is 201 g/mol. The highest BCUT2D eigenvalue weighted by Gasteiger charge is 2.04. The summed E-state index contributed by atoms with van der Waals surface area (Å²) < 4.78 is 18.5. The molecule has 0 heterocycles. The third-order valence-electron chi connectivity index (χ3n) is 2.18. The van der Waals surface area contributed by atoms with E-state index in [9.17, 15) is 4.39 Å². The van der Waals surface area contributed by atoms with Gasteiger partial charge in [0.1, 0.15) is 11.6 Å². The first kappa shape index (κ1) is 9.71. The zero-order valence-electron chi connectivity index (χ0n) is 8.33. The molecule has 0 N–H and O–H groups in total. The maximum Gasteiger partial charge on any atom is 0.131 e. The molecule has 0 aliphatic carbocycles. The number of rotatable bonds is 2. The van der Waals surface area contributed by atoms with Crippen LogP contribution in [-0.4, -0.2) is 7.11 Å². The van der Waals surface area contributed by atoms with Gasteiger partial charge in [-0.15, -0.1) is 0 Å². The van der Waals surface area contributed by atoms with Crippen molar-refractivity contribution >= 4 is 0 Å². The van der Waals surface area contributed by atoms with Crippen molar-refractivity contribution < 1.29 is 9.13 Å². The summed E-state index contributed by atoms with van der Waals surface area (Å²) in [6.45, 7) is 0. The van der Waals surface area contributed by atoms with E-state index in [0.29, 0.717) is 11.3 Å². The van der Waals surface area contributed by atoms with E-state index in [1.54, 1.807) is 37.4 Å². The summed E-state index contributed by atoms with van der Waals surface area (Å²) in [6.07, 6.45) is 0. The van der Waals surface area contributed by atoms with Gasteiger partial charge in [-0.05, 0) is 23.8 Å². The van der Waals surface area contributed by atoms with Crippen LogP contribution in [-0.2, 0) is 0 Å². The molecule has 0 saturated carbocycles. The molecule has 0 saturated heterocycles. The number of benzene rings is 2. The van der Waals surface area contributed by atoms with Crippen LogP contribution in [0.4, 0.5) is 4.39 Å². The van der Waals surface area contributed by atoms with Gasteiger partial charge in [-0.2, -0.15) is 0 Å². The van der Waals surface area contributed by atoms with Crippen LogP contribution in [0.1, 0.15) is 0 Å². The van der Waals surface area contributed by atoms with Crippen molar-refractivity contribution in [2.24, 2.45) is 0 Å². The van der Waals surface area contributed by atoms with E-state index in [1.807, 2.05) is 6.07 Å². The minimum Gasteiger partial charge on any atom is -0.496 e. The highest BCUT2D eigenvalue weighted by molar-refractivity contribution is 5.65. The van der Waals surface area contributed by atoms with Crippen molar-refractivity contribution in [2.75, 3.05) is 7.11 Å². The van der Waals surface area contributed by atoms with Gasteiger partial charge in [0.2, 0.25) is 0 Å². The van der Waals surface area contributed by atoms with E-state index < -0.39 is 0 Å². The van der Waals surface area contributed by atoms with Crippen LogP contribution in [0.5, 0.6) is 5.75 Å². The lowest BCUT2D eigenvalue weighted by molar-refractivity contribution is 0.414. The topological polar surface area (TPSA) is 9.23 Å². The van der Waals surface area contributed by atoms with Crippen molar-refractivity contribution in [3.63, 3.8) is 0 Å². The van der Waals surface area contributed by atoms with Crippen LogP contribution in [0.2, 0.25) is 0 Å². The number of halogens is 1. The summed E-state index contributed by atoms with van der Waals surface area (Å²) in [5.41, 5.74) is 1.37. The van der Waals surface area contributed by atoms with Gasteiger partial charge in [-0.3, -0.25) is 0 Å². The standard InChI is InChI=1S/C13H10FO/c1-15-11-6-4-5-10(9-11)12-7-2-3-8-13(12)14/h2-5,7-9H,1H3. The highest BCUT2D eigenvalue weighted by atomic mass is 19.1. The van der Waals surface area contributed by atoms with E-state index in [0.717, 1.165) is 5.56 Å². The molecule has 15 heavy (non-hydrogen) atoms. The normalized spacial score (nSPS) is 10.0. The van der Waals surface area contributed by atoms with Crippen LogP contribution in [0.25, 0.3) is 11.1 Å². The van der Waals surface area contributed by atoms with Crippen molar-refractivity contribution in [2.45, 2.75) is 0 Å². The summed E-state index contributed by atoms with van der Waals surface area (Å²) in [5, 5.41) is 0. The first-order valence-electron chi connectivity index (χ1n) is 4.62. The third-order valence-corrected chi connectivity index (χ3v) is 2.18. The first-order valence-corrected chi connectivity index (χ1v) is 4.62. The van der Waals surface area contributed by atoms with E-state index >= 15 is 0 Å². The van der Waals surface area contributed by atoms with Crippen LogP contribution < -0.4 is 4.74 Å². The maximum atomic E-state index is 13.5. The molecule has 2 rings (SSSR count). The van der Waals surface area contributed by atoms with Gasteiger partial charge in [0.25, 0.3) is 0 Å². The van der Waals surface area contributed by atoms with Crippen molar-refractivity contribution in [3.8, 4) is 16.9 Å². The lowest BCUT2D eigenvalue weighted by atomic mass is 10.1. The van der Waals surface area contributed by atoms with Gasteiger partial charge in [0, 0.05) is 11.6 Å². The van der Waals surface area contributed by atoms with E-state index in [1.165, 1.54) is 6.07 Å². The molecule has 75 valence electrons. The van der Waals surface area contributed by atoms with Gasteiger partial charge in [0.15, 0.2) is 0 Å². The number of hydrogen-bond acceptors (Lipinski definition) is 1. The molecule has 2 heteroatoms. The Bertz CT molecular complexity index is 466. The Morgan fingerprint density at radius 2 is 2.00 bits per heavy atom. The summed E-state index contributed by atoms with van der Waals surface area (Å²) in [5.74, 6) is 0.376. The Hall–Kier alpha value is -1.83. The fourth-order valence-electron chi connectivity index (χ4n) is 1.43. The number of methoxy groups -OCH3 is 1. The van der Waals surface area contributed by atoms with Crippen molar-refractivity contribution in [1.82, 2.24) is 0 Å². The van der Waals surface area contributed by atoms with E-state index in [-0.39, 0.29) is 5.82 Å². The molecule has 2 aromatic carbocycles. The Morgan fingerprint density at radius 3 is 2.73 bits per heavy atom. The number of ether oxygens (including phenoxy) is 1. The van der Waals surface area contributed by atoms with Crippen molar-refractivity contribution in [3.05, 3.63) is 54.3 Å². The molecule has 0 atom stereocenters. The molecule has 0 fully saturated rings. The quantitative estimate of drug-likeness (QED) is 0.724. The Morgan fingerprint density at radius 1 is 1.20 bits per heavy atom. The molecule has 0 amide bonds. The van der Waals surface area contributed by atoms with Crippen LogP contribution in [0.3, 0.4) is 0 Å². The molecule has 0 aliphatic rings. The molecule has 1 radical (unpaired) electrons. The van der Waals surface area contributed by atoms with Gasteiger partial charge in [-0.1, -0.05) is 24.3 Å². The van der Waals surface area contributed by atoms with E-state index in [4.69, 9.17) is 4.74 Å².